The van der Waals surface area contributed by atoms with Crippen molar-refractivity contribution in [2.24, 2.45) is 16.8 Å². The maximum Gasteiger partial charge on any atom is 0.235 e. The Bertz CT molecular complexity index is 249. The van der Waals surface area contributed by atoms with Crippen LogP contribution >= 0.6 is 0 Å². The van der Waals surface area contributed by atoms with Gasteiger partial charge in [-0.15, -0.1) is 0 Å². The van der Waals surface area contributed by atoms with Crippen LogP contribution in [0.25, 0.3) is 0 Å². The molecule has 0 radical (unpaired) electrons. The van der Waals surface area contributed by atoms with E-state index in [-0.39, 0.29) is 5.54 Å². The van der Waals surface area contributed by atoms with Crippen LogP contribution in [-0.2, 0) is 4.79 Å². The number of rotatable bonds is 2. The van der Waals surface area contributed by atoms with Crippen molar-refractivity contribution in [3.05, 3.63) is 0 Å². The maximum absolute atomic E-state index is 10.4. The molecule has 2 atom stereocenters. The molecule has 2 saturated carbocycles. The Balaban J connectivity index is 2.07. The molecule has 78 valence electrons. The highest BCUT2D eigenvalue weighted by Crippen LogP contribution is 2.55. The molecule has 0 bridgehead atoms. The van der Waals surface area contributed by atoms with Crippen LogP contribution < -0.4 is 0 Å². The molecule has 0 heterocycles. The van der Waals surface area contributed by atoms with Gasteiger partial charge in [0.05, 0.1) is 5.54 Å². The molecule has 0 aromatic carbocycles. The van der Waals surface area contributed by atoms with Gasteiger partial charge in [0.1, 0.15) is 0 Å². The number of nitrogens with zero attached hydrogens (tertiary/aromatic N) is 1. The zero-order valence-corrected chi connectivity index (χ0v) is 8.96. The van der Waals surface area contributed by atoms with Crippen molar-refractivity contribution < 1.29 is 4.79 Å². The summed E-state index contributed by atoms with van der Waals surface area (Å²) in [6.45, 7) is 2.21. The van der Waals surface area contributed by atoms with Gasteiger partial charge in [-0.05, 0) is 31.1 Å². The lowest BCUT2D eigenvalue weighted by Crippen LogP contribution is -2.21. The standard InChI is InChI=1S/C12H19NO/c1-10-8-12(10,13-9-14)11-6-4-2-3-5-7-11/h10-11H,2-8H2,1H3. The van der Waals surface area contributed by atoms with Gasteiger partial charge in [-0.3, -0.25) is 0 Å². The minimum Gasteiger partial charge on any atom is -0.211 e. The molecule has 0 aromatic rings. The van der Waals surface area contributed by atoms with Gasteiger partial charge in [-0.2, -0.15) is 4.99 Å². The molecule has 2 aliphatic carbocycles. The van der Waals surface area contributed by atoms with Crippen LogP contribution in [0.2, 0.25) is 0 Å². The lowest BCUT2D eigenvalue weighted by Gasteiger charge is -2.21. The van der Waals surface area contributed by atoms with Gasteiger partial charge in [0.2, 0.25) is 6.08 Å². The lowest BCUT2D eigenvalue weighted by atomic mass is 9.88. The summed E-state index contributed by atoms with van der Waals surface area (Å²) >= 11 is 0. The molecule has 0 saturated heterocycles. The summed E-state index contributed by atoms with van der Waals surface area (Å²) < 4.78 is 0. The summed E-state index contributed by atoms with van der Waals surface area (Å²) in [4.78, 5) is 14.6. The fraction of sp³-hybridized carbons (Fsp3) is 0.917. The molecule has 2 heteroatoms. The van der Waals surface area contributed by atoms with Crippen molar-refractivity contribution in [3.63, 3.8) is 0 Å². The molecular weight excluding hydrogens is 174 g/mol. The third-order valence-corrected chi connectivity index (χ3v) is 4.14. The molecular formula is C12H19NO. The minimum absolute atomic E-state index is 0.0199. The number of aliphatic imine (C=N–C) groups is 1. The second kappa shape index (κ2) is 3.86. The van der Waals surface area contributed by atoms with E-state index < -0.39 is 0 Å². The van der Waals surface area contributed by atoms with Crippen LogP contribution in [0.4, 0.5) is 0 Å². The average Bonchev–Trinajstić information content (AvgIpc) is 2.86. The first-order valence-electron chi connectivity index (χ1n) is 5.88. The van der Waals surface area contributed by atoms with Crippen LogP contribution in [0.5, 0.6) is 0 Å². The molecule has 0 N–H and O–H groups in total. The Kier molecular flexibility index (Phi) is 2.73. The van der Waals surface area contributed by atoms with Gasteiger partial charge in [-0.25, -0.2) is 4.79 Å². The summed E-state index contributed by atoms with van der Waals surface area (Å²) in [5, 5.41) is 0. The zero-order chi connectivity index (χ0) is 10.0. The normalized spacial score (nSPS) is 38.5. The fourth-order valence-electron chi connectivity index (χ4n) is 3.11. The van der Waals surface area contributed by atoms with E-state index in [0.717, 1.165) is 6.42 Å². The zero-order valence-electron chi connectivity index (χ0n) is 8.96. The van der Waals surface area contributed by atoms with Crippen molar-refractivity contribution in [2.75, 3.05) is 0 Å². The van der Waals surface area contributed by atoms with E-state index in [4.69, 9.17) is 0 Å². The van der Waals surface area contributed by atoms with Gasteiger partial charge in [0.15, 0.2) is 0 Å². The molecule has 2 aliphatic rings. The SMILES string of the molecule is CC1CC1(N=C=O)C1CCCCCC1. The molecule has 0 aromatic heterocycles. The van der Waals surface area contributed by atoms with Gasteiger partial charge in [0.25, 0.3) is 0 Å². The Morgan fingerprint density at radius 2 is 1.79 bits per heavy atom. The number of hydrogen-bond acceptors (Lipinski definition) is 2. The molecule has 2 unspecified atom stereocenters. The first-order chi connectivity index (χ1) is 6.79. The number of hydrogen-bond donors (Lipinski definition) is 0. The van der Waals surface area contributed by atoms with Crippen molar-refractivity contribution in [3.8, 4) is 0 Å². The smallest absolute Gasteiger partial charge is 0.211 e. The molecule has 0 amide bonds. The summed E-state index contributed by atoms with van der Waals surface area (Å²) in [6.07, 6.45) is 10.8. The Morgan fingerprint density at radius 1 is 1.21 bits per heavy atom. The third-order valence-electron chi connectivity index (χ3n) is 4.14. The Labute approximate surface area is 85.8 Å². The van der Waals surface area contributed by atoms with Crippen molar-refractivity contribution >= 4 is 6.08 Å². The van der Waals surface area contributed by atoms with Crippen molar-refractivity contribution in [1.29, 1.82) is 0 Å². The first-order valence-corrected chi connectivity index (χ1v) is 5.88. The van der Waals surface area contributed by atoms with Crippen LogP contribution in [0, 0.1) is 11.8 Å². The predicted octanol–water partition coefficient (Wildman–Crippen LogP) is 3.07. The molecule has 2 rings (SSSR count). The van der Waals surface area contributed by atoms with E-state index in [1.807, 2.05) is 0 Å². The molecule has 2 nitrogen and oxygen atoms in total. The van der Waals surface area contributed by atoms with Gasteiger partial charge >= 0.3 is 0 Å². The topological polar surface area (TPSA) is 29.4 Å². The summed E-state index contributed by atoms with van der Waals surface area (Å²) in [5.74, 6) is 1.29. The van der Waals surface area contributed by atoms with Crippen LogP contribution in [-0.4, -0.2) is 11.6 Å². The van der Waals surface area contributed by atoms with Crippen LogP contribution in [0.1, 0.15) is 51.9 Å². The molecule has 0 aliphatic heterocycles. The Morgan fingerprint density at radius 3 is 2.21 bits per heavy atom. The highest BCUT2D eigenvalue weighted by atomic mass is 16.1. The second-order valence-corrected chi connectivity index (χ2v) is 4.99. The van der Waals surface area contributed by atoms with Crippen LogP contribution in [0.3, 0.4) is 0 Å². The molecule has 14 heavy (non-hydrogen) atoms. The van der Waals surface area contributed by atoms with Crippen LogP contribution in [0.15, 0.2) is 4.99 Å². The second-order valence-electron chi connectivity index (χ2n) is 4.99. The van der Waals surface area contributed by atoms with Gasteiger partial charge < -0.3 is 0 Å². The number of isocyanates is 1. The minimum atomic E-state index is 0.0199. The summed E-state index contributed by atoms with van der Waals surface area (Å²) in [5.41, 5.74) is 0.0199. The quantitative estimate of drug-likeness (QED) is 0.376. The summed E-state index contributed by atoms with van der Waals surface area (Å²) in [6, 6.07) is 0. The monoisotopic (exact) mass is 193 g/mol. The van der Waals surface area contributed by atoms with E-state index >= 15 is 0 Å². The van der Waals surface area contributed by atoms with Gasteiger partial charge in [-0.1, -0.05) is 32.6 Å². The Hall–Kier alpha value is -0.620. The molecule has 0 spiro atoms. The predicted molar refractivity (Wildman–Crippen MR) is 55.8 cm³/mol. The number of carbonyl (C=O) groups excluding carboxylic acids is 1. The highest BCUT2D eigenvalue weighted by molar-refractivity contribution is 5.37. The highest BCUT2D eigenvalue weighted by Gasteiger charge is 2.56. The average molecular weight is 193 g/mol. The van der Waals surface area contributed by atoms with E-state index in [0.29, 0.717) is 11.8 Å². The maximum atomic E-state index is 10.4. The molecule has 2 fully saturated rings. The summed E-state index contributed by atoms with van der Waals surface area (Å²) in [7, 11) is 0. The third kappa shape index (κ3) is 1.64. The van der Waals surface area contributed by atoms with E-state index in [9.17, 15) is 4.79 Å². The van der Waals surface area contributed by atoms with E-state index in [2.05, 4.69) is 11.9 Å². The first kappa shape index (κ1) is 9.92. The van der Waals surface area contributed by atoms with E-state index in [1.165, 1.54) is 38.5 Å². The van der Waals surface area contributed by atoms with Crippen molar-refractivity contribution in [1.82, 2.24) is 0 Å². The fourth-order valence-corrected chi connectivity index (χ4v) is 3.11. The lowest BCUT2D eigenvalue weighted by molar-refractivity contribution is 0.341. The van der Waals surface area contributed by atoms with Gasteiger partial charge in [0, 0.05) is 0 Å². The van der Waals surface area contributed by atoms with Crippen molar-refractivity contribution in [2.45, 2.75) is 57.4 Å². The van der Waals surface area contributed by atoms with E-state index in [1.54, 1.807) is 6.08 Å². The largest absolute Gasteiger partial charge is 0.235 e.